The Balaban J connectivity index is 1.52. The van der Waals surface area contributed by atoms with Crippen LogP contribution in [0.15, 0.2) is 97.1 Å². The molecule has 4 atom stereocenters. The Kier molecular flexibility index (Phi) is 11.7. The van der Waals surface area contributed by atoms with E-state index in [0.29, 0.717) is 31.2 Å². The van der Waals surface area contributed by atoms with E-state index in [4.69, 9.17) is 23.7 Å². The number of hydrogen-bond donors (Lipinski definition) is 0. The van der Waals surface area contributed by atoms with E-state index in [1.165, 1.54) is 7.11 Å². The molecule has 1 aliphatic rings. The molecule has 0 aromatic heterocycles. The van der Waals surface area contributed by atoms with Crippen LogP contribution in [-0.4, -0.2) is 51.8 Å². The van der Waals surface area contributed by atoms with E-state index in [1.807, 2.05) is 72.8 Å². The number of para-hydroxylation sites is 1. The lowest BCUT2D eigenvalue weighted by Gasteiger charge is -2.31. The summed E-state index contributed by atoms with van der Waals surface area (Å²) in [5.74, 6) is -0.166. The second-order valence-electron chi connectivity index (χ2n) is 10.3. The molecule has 1 fully saturated rings. The summed E-state index contributed by atoms with van der Waals surface area (Å²) in [6, 6.07) is 27.1. The van der Waals surface area contributed by atoms with Crippen molar-refractivity contribution in [3.8, 4) is 16.9 Å². The number of carbonyl (C=O) groups excluding carboxylic acids is 2. The van der Waals surface area contributed by atoms with Crippen molar-refractivity contribution in [2.45, 2.75) is 50.6 Å². The van der Waals surface area contributed by atoms with Gasteiger partial charge in [0.05, 0.1) is 18.6 Å². The number of carbonyl (C=O) groups is 2. The van der Waals surface area contributed by atoms with Crippen LogP contribution in [-0.2, 0) is 23.7 Å². The molecule has 3 aromatic carbocycles. The van der Waals surface area contributed by atoms with Crippen LogP contribution in [0.5, 0.6) is 5.75 Å². The van der Waals surface area contributed by atoms with Crippen molar-refractivity contribution in [1.82, 2.24) is 0 Å². The van der Waals surface area contributed by atoms with Crippen molar-refractivity contribution in [2.24, 2.45) is 11.8 Å². The molecular formula is C35H40O7. The van der Waals surface area contributed by atoms with Crippen molar-refractivity contribution in [1.29, 1.82) is 0 Å². The van der Waals surface area contributed by atoms with E-state index in [1.54, 1.807) is 26.4 Å². The summed E-state index contributed by atoms with van der Waals surface area (Å²) in [5.41, 5.74) is 2.59. The van der Waals surface area contributed by atoms with Crippen LogP contribution in [0.4, 0.5) is 0 Å². The number of ether oxygens (including phenoxy) is 5. The summed E-state index contributed by atoms with van der Waals surface area (Å²) in [6.45, 7) is 0. The number of hydrogen-bond acceptors (Lipinski definition) is 7. The monoisotopic (exact) mass is 572 g/mol. The van der Waals surface area contributed by atoms with Gasteiger partial charge in [0.25, 0.3) is 0 Å². The molecule has 0 aliphatic heterocycles. The molecule has 7 nitrogen and oxygen atoms in total. The molecule has 0 N–H and O–H groups in total. The second-order valence-corrected chi connectivity index (χ2v) is 10.3. The van der Waals surface area contributed by atoms with Gasteiger partial charge in [-0.15, -0.1) is 0 Å². The largest absolute Gasteiger partial charge is 0.490 e. The maximum Gasteiger partial charge on any atom is 0.338 e. The first-order valence-electron chi connectivity index (χ1n) is 14.4. The Morgan fingerprint density at radius 2 is 1.45 bits per heavy atom. The maximum atomic E-state index is 13.4. The van der Waals surface area contributed by atoms with Crippen LogP contribution in [0.2, 0.25) is 0 Å². The highest BCUT2D eigenvalue weighted by atomic mass is 16.7. The van der Waals surface area contributed by atoms with Crippen LogP contribution in [0.1, 0.15) is 42.5 Å². The predicted molar refractivity (Wildman–Crippen MR) is 161 cm³/mol. The molecule has 42 heavy (non-hydrogen) atoms. The van der Waals surface area contributed by atoms with E-state index >= 15 is 0 Å². The van der Waals surface area contributed by atoms with Gasteiger partial charge in [-0.05, 0) is 54.7 Å². The average Bonchev–Trinajstić information content (AvgIpc) is 3.35. The van der Waals surface area contributed by atoms with Crippen LogP contribution >= 0.6 is 0 Å². The number of benzene rings is 3. The maximum absolute atomic E-state index is 13.4. The molecule has 1 saturated carbocycles. The number of allylic oxidation sites excluding steroid dienone is 2. The number of methoxy groups -OCH3 is 3. The topological polar surface area (TPSA) is 80.3 Å². The van der Waals surface area contributed by atoms with Gasteiger partial charge in [0.2, 0.25) is 0 Å². The zero-order valence-corrected chi connectivity index (χ0v) is 24.5. The van der Waals surface area contributed by atoms with Gasteiger partial charge < -0.3 is 23.7 Å². The quantitative estimate of drug-likeness (QED) is 0.0902. The Bertz CT molecular complexity index is 1270. The SMILES string of the molecule is COC(=O)CCCC=CC[C@@H]1[C@@H](C(OC)OC)[C@H](OC(=O)c2ccc(-c3ccccc3)cc2)C[C@H]1Oc1ccccc1. The van der Waals surface area contributed by atoms with Crippen molar-refractivity contribution in [2.75, 3.05) is 21.3 Å². The predicted octanol–water partition coefficient (Wildman–Crippen LogP) is 6.87. The molecule has 0 radical (unpaired) electrons. The normalized spacial score (nSPS) is 20.1. The zero-order valence-electron chi connectivity index (χ0n) is 24.5. The highest BCUT2D eigenvalue weighted by Gasteiger charge is 2.50. The number of rotatable bonds is 14. The third-order valence-electron chi connectivity index (χ3n) is 7.72. The summed E-state index contributed by atoms with van der Waals surface area (Å²) >= 11 is 0. The fraction of sp³-hybridized carbons (Fsp3) is 0.371. The first-order valence-corrected chi connectivity index (χ1v) is 14.4. The van der Waals surface area contributed by atoms with Crippen LogP contribution < -0.4 is 4.74 Å². The molecule has 0 unspecified atom stereocenters. The Morgan fingerprint density at radius 3 is 2.10 bits per heavy atom. The summed E-state index contributed by atoms with van der Waals surface area (Å²) in [5, 5.41) is 0. The fourth-order valence-corrected chi connectivity index (χ4v) is 5.59. The van der Waals surface area contributed by atoms with Crippen LogP contribution in [0.25, 0.3) is 11.1 Å². The number of esters is 2. The molecule has 222 valence electrons. The van der Waals surface area contributed by atoms with E-state index in [-0.39, 0.29) is 23.9 Å². The fourth-order valence-electron chi connectivity index (χ4n) is 5.59. The summed E-state index contributed by atoms with van der Waals surface area (Å²) < 4.78 is 28.8. The highest BCUT2D eigenvalue weighted by molar-refractivity contribution is 5.90. The summed E-state index contributed by atoms with van der Waals surface area (Å²) in [4.78, 5) is 24.8. The minimum Gasteiger partial charge on any atom is -0.490 e. The Morgan fingerprint density at radius 1 is 0.810 bits per heavy atom. The molecule has 0 heterocycles. The molecule has 0 bridgehead atoms. The van der Waals surface area contributed by atoms with Crippen molar-refractivity contribution >= 4 is 11.9 Å². The molecule has 0 amide bonds. The summed E-state index contributed by atoms with van der Waals surface area (Å²) in [6.07, 6.45) is 5.88. The molecule has 7 heteroatoms. The van der Waals surface area contributed by atoms with Gasteiger partial charge in [-0.1, -0.05) is 72.8 Å². The standard InChI is InChI=1S/C35H40O7/c1-38-32(36)19-13-5-4-12-18-29-30(41-28-16-10-7-11-17-28)24-31(33(29)35(39-2)40-3)42-34(37)27-22-20-26(21-23-27)25-14-8-6-9-15-25/h4,6-12,14-17,20-23,29-31,33,35H,5,13,18-19,24H2,1-3H3/t29-,30+,31+,33+/m0/s1. The smallest absolute Gasteiger partial charge is 0.338 e. The van der Waals surface area contributed by atoms with Crippen LogP contribution in [0, 0.1) is 11.8 Å². The van der Waals surface area contributed by atoms with Gasteiger partial charge in [-0.3, -0.25) is 4.79 Å². The van der Waals surface area contributed by atoms with E-state index in [2.05, 4.69) is 12.2 Å². The number of unbranched alkanes of at least 4 members (excludes halogenated alkanes) is 1. The van der Waals surface area contributed by atoms with Gasteiger partial charge in [-0.2, -0.15) is 0 Å². The first kappa shape index (κ1) is 31.0. The van der Waals surface area contributed by atoms with Crippen molar-refractivity contribution in [3.63, 3.8) is 0 Å². The Labute approximate surface area is 248 Å². The van der Waals surface area contributed by atoms with Crippen molar-refractivity contribution in [3.05, 3.63) is 103 Å². The lowest BCUT2D eigenvalue weighted by Crippen LogP contribution is -2.38. The van der Waals surface area contributed by atoms with E-state index < -0.39 is 18.4 Å². The van der Waals surface area contributed by atoms with Gasteiger partial charge in [-0.25, -0.2) is 4.79 Å². The minimum atomic E-state index is -0.592. The third kappa shape index (κ3) is 8.30. The van der Waals surface area contributed by atoms with Gasteiger partial charge in [0.1, 0.15) is 18.0 Å². The van der Waals surface area contributed by atoms with Crippen LogP contribution in [0.3, 0.4) is 0 Å². The Hall–Kier alpha value is -3.94. The lowest BCUT2D eigenvalue weighted by atomic mass is 9.89. The first-order chi connectivity index (χ1) is 20.5. The van der Waals surface area contributed by atoms with Gasteiger partial charge in [0.15, 0.2) is 6.29 Å². The highest BCUT2D eigenvalue weighted by Crippen LogP contribution is 2.42. The molecule has 0 saturated heterocycles. The average molecular weight is 573 g/mol. The second kappa shape index (κ2) is 15.9. The van der Waals surface area contributed by atoms with Gasteiger partial charge in [0, 0.05) is 33.0 Å². The molecule has 3 aromatic rings. The van der Waals surface area contributed by atoms with Gasteiger partial charge >= 0.3 is 11.9 Å². The van der Waals surface area contributed by atoms with E-state index in [9.17, 15) is 9.59 Å². The zero-order chi connectivity index (χ0) is 29.7. The molecule has 0 spiro atoms. The lowest BCUT2D eigenvalue weighted by molar-refractivity contribution is -0.166. The molecular weight excluding hydrogens is 532 g/mol. The minimum absolute atomic E-state index is 0.0507. The van der Waals surface area contributed by atoms with Crippen molar-refractivity contribution < 1.29 is 33.3 Å². The molecule has 4 rings (SSSR count). The van der Waals surface area contributed by atoms with E-state index in [0.717, 1.165) is 23.3 Å². The summed E-state index contributed by atoms with van der Waals surface area (Å²) in [7, 11) is 4.59. The molecule has 1 aliphatic carbocycles. The third-order valence-corrected chi connectivity index (χ3v) is 7.72.